The SMILES string of the molecule is O=C(O)COc1ccc(Cl)cc1CN1CCC2OCc3cnnn3C2C1. The Morgan fingerprint density at radius 3 is 3.19 bits per heavy atom. The number of aromatic nitrogens is 3. The molecule has 26 heavy (non-hydrogen) atoms. The smallest absolute Gasteiger partial charge is 0.341 e. The van der Waals surface area contributed by atoms with E-state index in [2.05, 4.69) is 15.2 Å². The van der Waals surface area contributed by atoms with Crippen molar-refractivity contribution in [2.24, 2.45) is 0 Å². The van der Waals surface area contributed by atoms with Gasteiger partial charge in [0.15, 0.2) is 6.61 Å². The van der Waals surface area contributed by atoms with Crippen molar-refractivity contribution in [2.45, 2.75) is 31.7 Å². The molecular weight excluding hydrogens is 360 g/mol. The van der Waals surface area contributed by atoms with Crippen LogP contribution in [-0.2, 0) is 22.7 Å². The summed E-state index contributed by atoms with van der Waals surface area (Å²) in [5, 5.41) is 17.7. The zero-order valence-corrected chi connectivity index (χ0v) is 14.8. The predicted molar refractivity (Wildman–Crippen MR) is 92.1 cm³/mol. The number of nitrogens with zero attached hydrogens (tertiary/aromatic N) is 4. The van der Waals surface area contributed by atoms with Gasteiger partial charge in [-0.2, -0.15) is 0 Å². The molecule has 0 spiro atoms. The Morgan fingerprint density at radius 2 is 2.35 bits per heavy atom. The Bertz CT molecular complexity index is 812. The monoisotopic (exact) mass is 378 g/mol. The molecule has 2 aliphatic heterocycles. The van der Waals surface area contributed by atoms with E-state index in [0.717, 1.165) is 30.8 Å². The average Bonchev–Trinajstić information content (AvgIpc) is 3.10. The van der Waals surface area contributed by atoms with Gasteiger partial charge in [0, 0.05) is 30.2 Å². The lowest BCUT2D eigenvalue weighted by atomic mass is 9.99. The van der Waals surface area contributed by atoms with Crippen LogP contribution in [0.5, 0.6) is 5.75 Å². The summed E-state index contributed by atoms with van der Waals surface area (Å²) in [5.41, 5.74) is 1.86. The predicted octanol–water partition coefficient (Wildman–Crippen LogP) is 1.74. The third kappa shape index (κ3) is 3.53. The Labute approximate surface area is 155 Å². The number of carboxylic acids is 1. The van der Waals surface area contributed by atoms with Gasteiger partial charge in [-0.05, 0) is 24.6 Å². The molecule has 0 radical (unpaired) electrons. The normalized spacial score (nSPS) is 22.5. The Kier molecular flexibility index (Phi) is 4.80. The van der Waals surface area contributed by atoms with Gasteiger partial charge in [-0.15, -0.1) is 5.10 Å². The summed E-state index contributed by atoms with van der Waals surface area (Å²) in [6, 6.07) is 5.36. The highest BCUT2D eigenvalue weighted by atomic mass is 35.5. The summed E-state index contributed by atoms with van der Waals surface area (Å²) in [4.78, 5) is 13.1. The quantitative estimate of drug-likeness (QED) is 0.847. The van der Waals surface area contributed by atoms with Crippen LogP contribution in [0.4, 0.5) is 0 Å². The molecule has 2 aliphatic rings. The fourth-order valence-electron chi connectivity index (χ4n) is 3.58. The zero-order chi connectivity index (χ0) is 18.1. The number of benzene rings is 1. The van der Waals surface area contributed by atoms with Gasteiger partial charge in [0.1, 0.15) is 5.75 Å². The fourth-order valence-corrected chi connectivity index (χ4v) is 3.78. The van der Waals surface area contributed by atoms with Crippen molar-refractivity contribution in [3.63, 3.8) is 0 Å². The van der Waals surface area contributed by atoms with Crippen LogP contribution >= 0.6 is 11.6 Å². The molecule has 4 rings (SSSR count). The van der Waals surface area contributed by atoms with Crippen molar-refractivity contribution in [3.8, 4) is 5.75 Å². The van der Waals surface area contributed by atoms with Crippen molar-refractivity contribution in [1.29, 1.82) is 0 Å². The molecule has 2 aromatic rings. The number of fused-ring (bicyclic) bond motifs is 3. The van der Waals surface area contributed by atoms with Gasteiger partial charge in [-0.25, -0.2) is 9.48 Å². The van der Waals surface area contributed by atoms with E-state index < -0.39 is 5.97 Å². The van der Waals surface area contributed by atoms with Crippen molar-refractivity contribution in [2.75, 3.05) is 19.7 Å². The number of ether oxygens (including phenoxy) is 2. The summed E-state index contributed by atoms with van der Waals surface area (Å²) >= 11 is 6.13. The molecule has 1 aromatic heterocycles. The van der Waals surface area contributed by atoms with E-state index in [9.17, 15) is 4.79 Å². The third-order valence-electron chi connectivity index (χ3n) is 4.78. The zero-order valence-electron chi connectivity index (χ0n) is 14.0. The minimum absolute atomic E-state index is 0.123. The van der Waals surface area contributed by atoms with Crippen LogP contribution in [0.1, 0.15) is 23.7 Å². The number of hydrogen-bond acceptors (Lipinski definition) is 6. The summed E-state index contributed by atoms with van der Waals surface area (Å²) in [7, 11) is 0. The molecule has 2 unspecified atom stereocenters. The number of carbonyl (C=O) groups is 1. The molecule has 0 bridgehead atoms. The van der Waals surface area contributed by atoms with Crippen LogP contribution in [0.25, 0.3) is 0 Å². The maximum Gasteiger partial charge on any atom is 0.341 e. The van der Waals surface area contributed by atoms with E-state index in [-0.39, 0.29) is 18.8 Å². The van der Waals surface area contributed by atoms with E-state index in [4.69, 9.17) is 26.2 Å². The number of piperidine rings is 1. The minimum atomic E-state index is -1.01. The van der Waals surface area contributed by atoms with Crippen LogP contribution in [-0.4, -0.2) is 56.8 Å². The lowest BCUT2D eigenvalue weighted by Crippen LogP contribution is -2.47. The minimum Gasteiger partial charge on any atom is -0.482 e. The second-order valence-electron chi connectivity index (χ2n) is 6.54. The molecule has 3 heterocycles. The Morgan fingerprint density at radius 1 is 1.46 bits per heavy atom. The number of rotatable bonds is 5. The van der Waals surface area contributed by atoms with Gasteiger partial charge in [0.2, 0.25) is 0 Å². The van der Waals surface area contributed by atoms with Gasteiger partial charge in [-0.1, -0.05) is 16.8 Å². The number of halogens is 1. The van der Waals surface area contributed by atoms with Crippen LogP contribution in [0.15, 0.2) is 24.4 Å². The molecule has 8 nitrogen and oxygen atoms in total. The molecule has 0 saturated carbocycles. The highest BCUT2D eigenvalue weighted by Gasteiger charge is 2.36. The molecule has 1 fully saturated rings. The Balaban J connectivity index is 1.50. The number of likely N-dealkylation sites (tertiary alicyclic amines) is 1. The van der Waals surface area contributed by atoms with Crippen molar-refractivity contribution in [1.82, 2.24) is 19.9 Å². The van der Waals surface area contributed by atoms with Crippen LogP contribution in [0, 0.1) is 0 Å². The summed E-state index contributed by atoms with van der Waals surface area (Å²) in [6.45, 7) is 2.43. The van der Waals surface area contributed by atoms with E-state index >= 15 is 0 Å². The van der Waals surface area contributed by atoms with Crippen molar-refractivity contribution in [3.05, 3.63) is 40.7 Å². The molecule has 9 heteroatoms. The van der Waals surface area contributed by atoms with Crippen molar-refractivity contribution >= 4 is 17.6 Å². The summed E-state index contributed by atoms with van der Waals surface area (Å²) in [5.74, 6) is -0.468. The molecule has 0 amide bonds. The standard InChI is InChI=1S/C17H19ClN4O4/c18-12-1-2-15(26-10-17(23)24)11(5-12)7-21-4-3-16-14(8-21)22-13(9-25-16)6-19-20-22/h1-2,5-6,14,16H,3-4,7-10H2,(H,23,24). The van der Waals surface area contributed by atoms with Crippen LogP contribution < -0.4 is 4.74 Å². The number of hydrogen-bond donors (Lipinski definition) is 1. The van der Waals surface area contributed by atoms with Gasteiger partial charge in [0.05, 0.1) is 30.6 Å². The molecule has 2 atom stereocenters. The van der Waals surface area contributed by atoms with E-state index in [1.54, 1.807) is 18.3 Å². The molecule has 138 valence electrons. The van der Waals surface area contributed by atoms with E-state index in [1.165, 1.54) is 0 Å². The van der Waals surface area contributed by atoms with Crippen molar-refractivity contribution < 1.29 is 19.4 Å². The van der Waals surface area contributed by atoms with Gasteiger partial charge in [-0.3, -0.25) is 4.90 Å². The van der Waals surface area contributed by atoms with E-state index in [0.29, 0.717) is 23.9 Å². The number of aliphatic carboxylic acids is 1. The molecule has 0 aliphatic carbocycles. The first-order chi connectivity index (χ1) is 12.6. The first-order valence-corrected chi connectivity index (χ1v) is 8.84. The van der Waals surface area contributed by atoms with Gasteiger partial charge >= 0.3 is 5.97 Å². The highest BCUT2D eigenvalue weighted by molar-refractivity contribution is 6.30. The molecular formula is C17H19ClN4O4. The van der Waals surface area contributed by atoms with Gasteiger partial charge < -0.3 is 14.6 Å². The fraction of sp³-hybridized carbons (Fsp3) is 0.471. The maximum absolute atomic E-state index is 10.8. The summed E-state index contributed by atoms with van der Waals surface area (Å²) in [6.07, 6.45) is 2.78. The van der Waals surface area contributed by atoms with E-state index in [1.807, 2.05) is 10.7 Å². The second-order valence-corrected chi connectivity index (χ2v) is 6.98. The summed E-state index contributed by atoms with van der Waals surface area (Å²) < 4.78 is 13.3. The molecule has 1 aromatic carbocycles. The third-order valence-corrected chi connectivity index (χ3v) is 5.02. The lowest BCUT2D eigenvalue weighted by molar-refractivity contribution is -0.139. The first kappa shape index (κ1) is 17.3. The maximum atomic E-state index is 10.8. The first-order valence-electron chi connectivity index (χ1n) is 8.46. The highest BCUT2D eigenvalue weighted by Crippen LogP contribution is 2.32. The second kappa shape index (κ2) is 7.22. The molecule has 1 N–H and O–H groups in total. The van der Waals surface area contributed by atoms with Crippen LogP contribution in [0.3, 0.4) is 0 Å². The molecule has 1 saturated heterocycles. The lowest BCUT2D eigenvalue weighted by Gasteiger charge is -2.41. The number of carboxylic acid groups (broad SMARTS) is 1. The van der Waals surface area contributed by atoms with Crippen LogP contribution in [0.2, 0.25) is 5.02 Å². The Hall–Kier alpha value is -2.16. The topological polar surface area (TPSA) is 89.7 Å². The largest absolute Gasteiger partial charge is 0.482 e. The van der Waals surface area contributed by atoms with Gasteiger partial charge in [0.25, 0.3) is 0 Å². The average molecular weight is 379 g/mol.